The van der Waals surface area contributed by atoms with Gasteiger partial charge in [0.05, 0.1) is 167 Å². The molecule has 12 unspecified atom stereocenters. The summed E-state index contributed by atoms with van der Waals surface area (Å²) in [6.07, 6.45) is 9.83. The van der Waals surface area contributed by atoms with E-state index in [0.717, 1.165) is 156 Å². The topological polar surface area (TPSA) is 337 Å². The Balaban J connectivity index is 0.000000153. The number of nitrogens with zero attached hydrogens (tertiary/aromatic N) is 15. The van der Waals surface area contributed by atoms with Gasteiger partial charge in [-0.05, 0) is 149 Å². The zero-order valence-corrected chi connectivity index (χ0v) is 83.9. The van der Waals surface area contributed by atoms with Crippen LogP contribution in [0, 0.1) is 48.2 Å². The molecule has 31 nitrogen and oxygen atoms in total. The molecule has 0 aliphatic carbocycles. The van der Waals surface area contributed by atoms with Crippen LogP contribution in [0.4, 0.5) is 49.9 Å². The molecule has 6 aromatic carbocycles. The number of aryl methyl sites for hydroxylation is 1. The predicted molar refractivity (Wildman–Crippen MR) is 551 cm³/mol. The zero-order chi connectivity index (χ0) is 103. The van der Waals surface area contributed by atoms with E-state index in [9.17, 15) is 44.0 Å². The number of halogens is 4. The number of aromatic nitrogens is 3. The van der Waals surface area contributed by atoms with Crippen LogP contribution in [0.1, 0.15) is 149 Å². The van der Waals surface area contributed by atoms with Crippen molar-refractivity contribution in [2.75, 3.05) is 120 Å². The van der Waals surface area contributed by atoms with E-state index in [1.165, 1.54) is 12.3 Å². The summed E-state index contributed by atoms with van der Waals surface area (Å²) in [6, 6.07) is 48.2. The maximum absolute atomic E-state index is 14.5. The van der Waals surface area contributed by atoms with Gasteiger partial charge in [0.25, 0.3) is 0 Å². The average molecular weight is 2000 g/mol. The van der Waals surface area contributed by atoms with Gasteiger partial charge in [0.15, 0.2) is 0 Å². The highest BCUT2D eigenvalue weighted by Crippen LogP contribution is 2.43. The van der Waals surface area contributed by atoms with Crippen LogP contribution in [0.25, 0.3) is 0 Å². The lowest BCUT2D eigenvalue weighted by molar-refractivity contribution is -0.138. The van der Waals surface area contributed by atoms with E-state index in [1.807, 2.05) is 216 Å². The molecule has 11 heterocycles. The van der Waals surface area contributed by atoms with Gasteiger partial charge in [-0.15, -0.1) is 0 Å². The molecule has 0 bridgehead atoms. The smallest absolute Gasteiger partial charge is 0.305 e. The number of hydrogen-bond acceptors (Lipinski definition) is 27. The number of ether oxygens (including phenoxy) is 8. The van der Waals surface area contributed by atoms with Gasteiger partial charge in [0.1, 0.15) is 59.0 Å². The summed E-state index contributed by atoms with van der Waals surface area (Å²) in [4.78, 5) is 66.6. The van der Waals surface area contributed by atoms with Crippen molar-refractivity contribution >= 4 is 127 Å². The van der Waals surface area contributed by atoms with Crippen molar-refractivity contribution in [3.8, 4) is 46.4 Å². The van der Waals surface area contributed by atoms with Crippen LogP contribution in [0.2, 0.25) is 15.1 Å². The molecular weight excluding hydrogens is 1860 g/mol. The number of carboxylic acid groups (broad SMARTS) is 4. The molecule has 12 atom stereocenters. The Bertz CT molecular complexity index is 6050. The third-order valence-corrected chi connectivity index (χ3v) is 28.4. The first-order valence-corrected chi connectivity index (χ1v) is 49.1. The number of benzene rings is 6. The number of piperidine rings is 4. The van der Waals surface area contributed by atoms with Gasteiger partial charge in [0, 0.05) is 168 Å². The van der Waals surface area contributed by atoms with Gasteiger partial charge >= 0.3 is 23.9 Å². The fraction of sp³-hybridized carbons (Fsp3) is 0.443. The Hall–Kier alpha value is -13.1. The van der Waals surface area contributed by atoms with Gasteiger partial charge in [-0.2, -0.15) is 20.4 Å². The van der Waals surface area contributed by atoms with Crippen molar-refractivity contribution in [1.29, 1.82) is 0 Å². The Labute approximate surface area is 842 Å². The number of hydrogen-bond donors (Lipinski definition) is 4. The highest BCUT2D eigenvalue weighted by molar-refractivity contribution is 6.34. The normalized spacial score (nSPS) is 22.8. The molecule has 0 radical (unpaired) electrons. The Morgan fingerprint density at radius 3 is 1.06 bits per heavy atom. The molecule has 9 aromatic rings. The minimum Gasteiger partial charge on any atom is -0.494 e. The summed E-state index contributed by atoms with van der Waals surface area (Å²) in [6.45, 7) is 28.6. The number of rotatable bonds is 30. The molecule has 4 fully saturated rings. The molecule has 0 amide bonds. The van der Waals surface area contributed by atoms with E-state index in [4.69, 9.17) is 81.9 Å². The summed E-state index contributed by atoms with van der Waals surface area (Å²) in [5, 5.41) is 65.1. The summed E-state index contributed by atoms with van der Waals surface area (Å²) in [7, 11) is 0.602. The molecule has 8 aliphatic rings. The van der Waals surface area contributed by atoms with E-state index < -0.39 is 30.9 Å². The molecule has 141 heavy (non-hydrogen) atoms. The molecule has 0 spiro atoms. The number of carbonyl (C=O) groups is 4. The Morgan fingerprint density at radius 1 is 0.397 bits per heavy atom. The molecule has 0 saturated carbocycles. The summed E-state index contributed by atoms with van der Waals surface area (Å²) in [5.41, 5.74) is 12.4. The second-order valence-corrected chi connectivity index (χ2v) is 38.3. The first-order valence-electron chi connectivity index (χ1n) is 49.4. The van der Waals surface area contributed by atoms with E-state index in [2.05, 4.69) is 58.8 Å². The Kier molecular flexibility index (Phi) is 33.5. The standard InChI is InChI=1S/C32H36FN3O4.2C25H31ClN4O4.C24H29ClN4O4/c1-4-39-27-13-14-28(33)30(19-27)35-17-15-26(16-18-35)40-25-11-9-24(10-12-25)36-29(20-31(37)38)22(3)32(34-36)23-7-5-21(2)6-8-23;2*1-15-14-29(22-11-24(33-4)27-13-20(22)26)10-9-23(15)34-19-7-5-18(6-8-19)30-21(12-25(31)32)16(2)17(3)28-30;1-15-16(2)27-29(21(15)13-24(30)31)17-4-6-18(7-5-17)33-19-8-10-28(11-9-19)22-12-23(32-3)26-14-20(22)25/h5-14,19,22,26,29H,4,15-18,20H2,1-3H3,(H,37,38);2*5-8,11,13,15-16,21,23H,9-10,12,14H2,1-4H3,(H,31,32);4-7,12,14-15,19,21H,8-11,13H2,1-3H3,(H,30,31)/i;4D3;;. The minimum absolute atomic E-state index is 0.00281. The molecule has 3 aromatic heterocycles. The van der Waals surface area contributed by atoms with Crippen molar-refractivity contribution in [2.45, 2.75) is 189 Å². The first-order chi connectivity index (χ1) is 68.8. The third-order valence-electron chi connectivity index (χ3n) is 27.5. The van der Waals surface area contributed by atoms with Crippen LogP contribution in [0.3, 0.4) is 0 Å². The second-order valence-electron chi connectivity index (χ2n) is 37.1. The summed E-state index contributed by atoms with van der Waals surface area (Å²) < 4.78 is 82.5. The lowest BCUT2D eigenvalue weighted by Gasteiger charge is -2.38. The number of anilines is 8. The highest BCUT2D eigenvalue weighted by atomic mass is 35.5. The van der Waals surface area contributed by atoms with Gasteiger partial charge in [-0.3, -0.25) is 39.2 Å². The van der Waals surface area contributed by atoms with Crippen molar-refractivity contribution in [3.05, 3.63) is 208 Å². The van der Waals surface area contributed by atoms with Crippen molar-refractivity contribution < 1.29 is 86.0 Å². The number of hydrazone groups is 4. The van der Waals surface area contributed by atoms with E-state index in [1.54, 1.807) is 49.8 Å². The van der Waals surface area contributed by atoms with Crippen LogP contribution in [0.5, 0.6) is 46.4 Å². The maximum Gasteiger partial charge on any atom is 0.305 e. The van der Waals surface area contributed by atoms with E-state index in [0.29, 0.717) is 76.7 Å². The molecule has 35 heteroatoms. The number of methoxy groups -OCH3 is 3. The molecule has 4 N–H and O–H groups in total. The van der Waals surface area contributed by atoms with Crippen LogP contribution >= 0.6 is 34.8 Å². The van der Waals surface area contributed by atoms with Crippen molar-refractivity contribution in [3.63, 3.8) is 0 Å². The van der Waals surface area contributed by atoms with Crippen LogP contribution in [-0.4, -0.2) is 211 Å². The predicted octanol–water partition coefficient (Wildman–Crippen LogP) is 20.2. The van der Waals surface area contributed by atoms with Gasteiger partial charge < -0.3 is 77.9 Å². The number of aliphatic carboxylic acids is 4. The second kappa shape index (κ2) is 47.5. The molecular formula is C106H127Cl3FN15O16. The van der Waals surface area contributed by atoms with Gasteiger partial charge in [0.2, 0.25) is 17.6 Å². The lowest BCUT2D eigenvalue weighted by Crippen LogP contribution is -2.44. The van der Waals surface area contributed by atoms with Crippen LogP contribution < -0.4 is 77.5 Å². The minimum atomic E-state index is -2.59. The monoisotopic (exact) mass is 1990 g/mol. The van der Waals surface area contributed by atoms with Crippen LogP contribution in [0.15, 0.2) is 197 Å². The molecule has 8 aliphatic heterocycles. The van der Waals surface area contributed by atoms with E-state index >= 15 is 0 Å². The van der Waals surface area contributed by atoms with Gasteiger partial charge in [-0.1, -0.05) is 106 Å². The van der Waals surface area contributed by atoms with E-state index in [-0.39, 0.29) is 121 Å². The van der Waals surface area contributed by atoms with Crippen molar-refractivity contribution in [2.24, 2.45) is 55.9 Å². The highest BCUT2D eigenvalue weighted by Gasteiger charge is 2.42. The largest absolute Gasteiger partial charge is 0.494 e. The third kappa shape index (κ3) is 26.0. The fourth-order valence-corrected chi connectivity index (χ4v) is 19.8. The fourth-order valence-electron chi connectivity index (χ4n) is 19.1. The first kappa shape index (κ1) is 99.5. The zero-order valence-electron chi connectivity index (χ0n) is 84.7. The Morgan fingerprint density at radius 2 is 0.716 bits per heavy atom. The molecule has 17 rings (SSSR count). The van der Waals surface area contributed by atoms with Crippen molar-refractivity contribution in [1.82, 2.24) is 15.0 Å². The SMILES string of the molecule is CCOc1ccc(F)c(N2CCC(Oc3ccc(N4N=C(c5ccc(C)cc5)C(C)C4CC(=O)O)cc3)CC2)c1.COc1cc(N2CCC(Oc3ccc(N4N=C(C)C(C)C4CC(=O)O)cc3)C(C)C2)c(Cl)cn1.COc1cc(N2CCC(Oc3ccc(N4N=C(C)C(C)C4CC(=O)O)cc3)CC2)c(Cl)cn1.[2H]C([2H])([2H])Oc1cc(N2CCC(Oc3ccc(N4N=C(C)C(C)C4CC(=O)O)cc3)C(C)C2)c(Cl)cn1. The maximum atomic E-state index is 14.5. The summed E-state index contributed by atoms with van der Waals surface area (Å²) in [5.74, 6) is 1.90. The average Bonchev–Trinajstić information content (AvgIpc) is 1.63. The molecule has 750 valence electrons. The van der Waals surface area contributed by atoms with Gasteiger partial charge in [-0.25, -0.2) is 19.3 Å². The molecule has 4 saturated heterocycles. The lowest BCUT2D eigenvalue weighted by atomic mass is 9.90. The number of carboxylic acids is 4. The quantitative estimate of drug-likeness (QED) is 0.0325. The summed E-state index contributed by atoms with van der Waals surface area (Å²) >= 11 is 19.1. The van der Waals surface area contributed by atoms with Crippen LogP contribution in [-0.2, 0) is 19.2 Å². The number of pyridine rings is 3.